The van der Waals surface area contributed by atoms with Crippen molar-refractivity contribution in [3.8, 4) is 0 Å². The summed E-state index contributed by atoms with van der Waals surface area (Å²) in [5, 5.41) is 12.1. The Balaban J connectivity index is 1.19. The van der Waals surface area contributed by atoms with E-state index in [1.165, 1.54) is 0 Å². The van der Waals surface area contributed by atoms with Crippen LogP contribution in [0.2, 0.25) is 0 Å². The second-order valence-electron chi connectivity index (χ2n) is 12.7. The Morgan fingerprint density at radius 1 is 0.979 bits per heavy atom. The summed E-state index contributed by atoms with van der Waals surface area (Å²) < 4.78 is 24.1. The van der Waals surface area contributed by atoms with Crippen LogP contribution >= 0.6 is 0 Å². The average molecular weight is 658 g/mol. The SMILES string of the molecule is COC[C@@H]1CCCN1C[C@@H]1O[C@H](c2cccc(N3C(=O)CC(NC(=O)OCc4ccccc4)C3=O)c2)O[C@H](c2ccc(CO)cc2)[C@@H]1C. The largest absolute Gasteiger partial charge is 0.445 e. The highest BCUT2D eigenvalue weighted by Gasteiger charge is 2.43. The second-order valence-corrected chi connectivity index (χ2v) is 12.7. The molecule has 0 radical (unpaired) electrons. The van der Waals surface area contributed by atoms with Crippen LogP contribution in [0.5, 0.6) is 0 Å². The predicted octanol–water partition coefficient (Wildman–Crippen LogP) is 4.64. The molecular weight excluding hydrogens is 614 g/mol. The first-order chi connectivity index (χ1) is 23.3. The van der Waals surface area contributed by atoms with E-state index in [4.69, 9.17) is 18.9 Å². The minimum atomic E-state index is -1.04. The number of amides is 3. The molecule has 6 atom stereocenters. The van der Waals surface area contributed by atoms with Gasteiger partial charge < -0.3 is 29.4 Å². The molecule has 6 rings (SSSR count). The lowest BCUT2D eigenvalue weighted by atomic mass is 9.90. The monoisotopic (exact) mass is 657 g/mol. The number of nitrogens with one attached hydrogen (secondary N) is 1. The van der Waals surface area contributed by atoms with Gasteiger partial charge >= 0.3 is 6.09 Å². The summed E-state index contributed by atoms with van der Waals surface area (Å²) in [5.74, 6) is -0.961. The number of hydrogen-bond donors (Lipinski definition) is 2. The van der Waals surface area contributed by atoms with E-state index in [0.717, 1.165) is 41.0 Å². The van der Waals surface area contributed by atoms with Crippen LogP contribution in [0, 0.1) is 5.92 Å². The van der Waals surface area contributed by atoms with Gasteiger partial charge in [-0.3, -0.25) is 14.5 Å². The number of nitrogens with zero attached hydrogens (tertiary/aromatic N) is 2. The number of aliphatic hydroxyl groups is 1. The number of carbonyl (C=O) groups excluding carboxylic acids is 3. The maximum absolute atomic E-state index is 13.4. The topological polar surface area (TPSA) is 127 Å². The molecule has 2 N–H and O–H groups in total. The molecule has 48 heavy (non-hydrogen) atoms. The van der Waals surface area contributed by atoms with Crippen LogP contribution < -0.4 is 10.2 Å². The minimum absolute atomic E-state index is 0.00317. The molecule has 0 aromatic heterocycles. The Morgan fingerprint density at radius 3 is 2.52 bits per heavy atom. The molecule has 11 nitrogen and oxygen atoms in total. The molecule has 0 spiro atoms. The number of benzene rings is 3. The Hall–Kier alpha value is -4.13. The Morgan fingerprint density at radius 2 is 1.77 bits per heavy atom. The van der Waals surface area contributed by atoms with Gasteiger partial charge in [-0.15, -0.1) is 0 Å². The average Bonchev–Trinajstić information content (AvgIpc) is 3.66. The molecule has 1 unspecified atom stereocenters. The number of rotatable bonds is 11. The summed E-state index contributed by atoms with van der Waals surface area (Å²) in [6.07, 6.45) is -0.0371. The van der Waals surface area contributed by atoms with Crippen LogP contribution in [0.4, 0.5) is 10.5 Å². The third-order valence-corrected chi connectivity index (χ3v) is 9.45. The van der Waals surface area contributed by atoms with Crippen molar-refractivity contribution in [2.24, 2.45) is 5.92 Å². The van der Waals surface area contributed by atoms with Crippen LogP contribution in [0.15, 0.2) is 78.9 Å². The number of carbonyl (C=O) groups is 3. The Bertz CT molecular complexity index is 1570. The first-order valence-corrected chi connectivity index (χ1v) is 16.5. The molecule has 3 saturated heterocycles. The van der Waals surface area contributed by atoms with Gasteiger partial charge in [0, 0.05) is 31.2 Å². The minimum Gasteiger partial charge on any atom is -0.445 e. The van der Waals surface area contributed by atoms with Gasteiger partial charge in [-0.25, -0.2) is 9.69 Å². The quantitative estimate of drug-likeness (QED) is 0.284. The van der Waals surface area contributed by atoms with Crippen molar-refractivity contribution in [2.45, 2.75) is 70.0 Å². The number of alkyl carbamates (subject to hydrolysis) is 1. The number of methoxy groups -OCH3 is 1. The standard InChI is InChI=1S/C37H43N3O8/c1-24-32(20-39-17-7-12-30(39)23-45-2)47-36(48-34(24)27-15-13-25(21-41)14-16-27)28-10-6-11-29(18-28)40-33(42)19-31(35(40)43)38-37(44)46-22-26-8-4-3-5-9-26/h3-6,8-11,13-16,18,24,30-32,34,36,41H,7,12,17,19-23H2,1-2H3,(H,38,44)/t24-,30+,31?,32+,34+,36+/m1/s1. The second kappa shape index (κ2) is 15.4. The predicted molar refractivity (Wildman–Crippen MR) is 177 cm³/mol. The van der Waals surface area contributed by atoms with E-state index in [1.807, 2.05) is 60.7 Å². The molecule has 3 aliphatic heterocycles. The van der Waals surface area contributed by atoms with Gasteiger partial charge in [-0.2, -0.15) is 0 Å². The van der Waals surface area contributed by atoms with Crippen molar-refractivity contribution in [1.82, 2.24) is 10.2 Å². The van der Waals surface area contributed by atoms with E-state index in [9.17, 15) is 19.5 Å². The zero-order valence-electron chi connectivity index (χ0n) is 27.3. The highest BCUT2D eigenvalue weighted by atomic mass is 16.7. The van der Waals surface area contributed by atoms with Crippen molar-refractivity contribution in [1.29, 1.82) is 0 Å². The summed E-state index contributed by atoms with van der Waals surface area (Å²) in [5.41, 5.74) is 3.63. The molecule has 3 heterocycles. The van der Waals surface area contributed by atoms with Gasteiger partial charge in [-0.05, 0) is 48.2 Å². The lowest BCUT2D eigenvalue weighted by Gasteiger charge is -2.43. The highest BCUT2D eigenvalue weighted by molar-refractivity contribution is 6.22. The van der Waals surface area contributed by atoms with Crippen LogP contribution in [-0.2, 0) is 41.8 Å². The number of hydrogen-bond acceptors (Lipinski definition) is 9. The van der Waals surface area contributed by atoms with Crippen molar-refractivity contribution in [3.05, 3.63) is 101 Å². The van der Waals surface area contributed by atoms with E-state index in [0.29, 0.717) is 30.4 Å². The van der Waals surface area contributed by atoms with Crippen LogP contribution in [0.3, 0.4) is 0 Å². The van der Waals surface area contributed by atoms with Gasteiger partial charge in [0.25, 0.3) is 5.91 Å². The molecule has 0 saturated carbocycles. The number of imide groups is 1. The summed E-state index contributed by atoms with van der Waals surface area (Å²) in [4.78, 5) is 42.5. The normalized spacial score (nSPS) is 26.2. The molecule has 0 aliphatic carbocycles. The lowest BCUT2D eigenvalue weighted by molar-refractivity contribution is -0.276. The lowest BCUT2D eigenvalue weighted by Crippen LogP contribution is -2.46. The van der Waals surface area contributed by atoms with Crippen LogP contribution in [0.25, 0.3) is 0 Å². The maximum atomic E-state index is 13.4. The summed E-state index contributed by atoms with van der Waals surface area (Å²) in [6.45, 7) is 4.46. The zero-order valence-corrected chi connectivity index (χ0v) is 27.3. The van der Waals surface area contributed by atoms with Gasteiger partial charge in [0.2, 0.25) is 5.91 Å². The van der Waals surface area contributed by atoms with E-state index in [1.54, 1.807) is 25.3 Å². The number of likely N-dealkylation sites (tertiary alicyclic amines) is 1. The third kappa shape index (κ3) is 7.61. The maximum Gasteiger partial charge on any atom is 0.408 e. The van der Waals surface area contributed by atoms with Gasteiger partial charge in [0.05, 0.1) is 37.5 Å². The fourth-order valence-corrected chi connectivity index (χ4v) is 6.81. The molecule has 3 fully saturated rings. The zero-order chi connectivity index (χ0) is 33.6. The van der Waals surface area contributed by atoms with E-state index in [-0.39, 0.29) is 37.8 Å². The van der Waals surface area contributed by atoms with Gasteiger partial charge in [0.1, 0.15) is 12.6 Å². The Labute approximate surface area is 280 Å². The third-order valence-electron chi connectivity index (χ3n) is 9.45. The van der Waals surface area contributed by atoms with Gasteiger partial charge in [-0.1, -0.05) is 73.7 Å². The fraction of sp³-hybridized carbons (Fsp3) is 0.432. The van der Waals surface area contributed by atoms with Crippen LogP contribution in [-0.4, -0.2) is 72.9 Å². The molecule has 3 aromatic rings. The number of aliphatic hydroxyl groups excluding tert-OH is 1. The Kier molecular flexibility index (Phi) is 10.8. The van der Waals surface area contributed by atoms with E-state index < -0.39 is 30.2 Å². The molecular formula is C37H43N3O8. The fourth-order valence-electron chi connectivity index (χ4n) is 6.81. The molecule has 0 bridgehead atoms. The summed E-state index contributed by atoms with van der Waals surface area (Å²) in [6, 6.07) is 23.3. The van der Waals surface area contributed by atoms with Crippen molar-refractivity contribution < 1.29 is 38.4 Å². The molecule has 11 heteroatoms. The molecule has 3 aliphatic rings. The first-order valence-electron chi connectivity index (χ1n) is 16.5. The highest BCUT2D eigenvalue weighted by Crippen LogP contribution is 2.43. The summed E-state index contributed by atoms with van der Waals surface area (Å²) >= 11 is 0. The number of ether oxygens (including phenoxy) is 4. The smallest absolute Gasteiger partial charge is 0.408 e. The van der Waals surface area contributed by atoms with Crippen molar-refractivity contribution in [3.63, 3.8) is 0 Å². The number of anilines is 1. The molecule has 3 amide bonds. The first kappa shape index (κ1) is 33.8. The van der Waals surface area contributed by atoms with E-state index in [2.05, 4.69) is 17.1 Å². The molecule has 3 aromatic carbocycles. The summed E-state index contributed by atoms with van der Waals surface area (Å²) in [7, 11) is 1.73. The van der Waals surface area contributed by atoms with E-state index >= 15 is 0 Å². The van der Waals surface area contributed by atoms with Gasteiger partial charge in [0.15, 0.2) is 6.29 Å². The van der Waals surface area contributed by atoms with Crippen molar-refractivity contribution in [2.75, 3.05) is 31.7 Å². The van der Waals surface area contributed by atoms with Crippen molar-refractivity contribution >= 4 is 23.6 Å². The molecule has 254 valence electrons. The van der Waals surface area contributed by atoms with Crippen LogP contribution in [0.1, 0.15) is 60.8 Å².